The Bertz CT molecular complexity index is 655. The van der Waals surface area contributed by atoms with Gasteiger partial charge in [0.15, 0.2) is 0 Å². The molecule has 0 saturated carbocycles. The number of amides is 1. The minimum atomic E-state index is -0.0435. The Morgan fingerprint density at radius 2 is 2.09 bits per heavy atom. The first kappa shape index (κ1) is 15.4. The molecule has 3 rings (SSSR count). The number of aryl methyl sites for hydroxylation is 1. The summed E-state index contributed by atoms with van der Waals surface area (Å²) in [6.45, 7) is 4.09. The molecule has 23 heavy (non-hydrogen) atoms. The van der Waals surface area contributed by atoms with Gasteiger partial charge in [0.2, 0.25) is 5.88 Å². The Morgan fingerprint density at radius 3 is 2.78 bits per heavy atom. The molecule has 6 heteroatoms. The Kier molecular flexibility index (Phi) is 4.80. The molecular formula is C17H20N4O2. The summed E-state index contributed by atoms with van der Waals surface area (Å²) in [6, 6.07) is 3.89. The minimum absolute atomic E-state index is 0.0435. The summed E-state index contributed by atoms with van der Waals surface area (Å²) in [5.74, 6) is 1.10. The molecule has 1 saturated heterocycles. The standard InChI is InChI=1S/C17H20N4O2/c1-13-3-2-6-20-16(13)23-12-14-4-9-21(10-5-14)17(22)15-11-18-7-8-19-15/h2-3,6-8,11,14H,4-5,9-10,12H2,1H3. The summed E-state index contributed by atoms with van der Waals surface area (Å²) in [5.41, 5.74) is 1.45. The highest BCUT2D eigenvalue weighted by atomic mass is 16.5. The zero-order chi connectivity index (χ0) is 16.1. The van der Waals surface area contributed by atoms with Gasteiger partial charge in [-0.25, -0.2) is 9.97 Å². The maximum atomic E-state index is 12.3. The molecule has 0 bridgehead atoms. The molecule has 1 aliphatic rings. The third kappa shape index (κ3) is 3.83. The molecule has 0 atom stereocenters. The number of hydrogen-bond acceptors (Lipinski definition) is 5. The van der Waals surface area contributed by atoms with Crippen molar-refractivity contribution in [3.05, 3.63) is 48.2 Å². The van der Waals surface area contributed by atoms with E-state index >= 15 is 0 Å². The van der Waals surface area contributed by atoms with Crippen LogP contribution in [0.2, 0.25) is 0 Å². The van der Waals surface area contributed by atoms with E-state index in [1.165, 1.54) is 6.20 Å². The van der Waals surface area contributed by atoms with Gasteiger partial charge in [-0.3, -0.25) is 9.78 Å². The second-order valence-electron chi connectivity index (χ2n) is 5.76. The number of ether oxygens (including phenoxy) is 1. The zero-order valence-corrected chi connectivity index (χ0v) is 13.2. The van der Waals surface area contributed by atoms with Crippen LogP contribution in [0.25, 0.3) is 0 Å². The van der Waals surface area contributed by atoms with E-state index in [1.807, 2.05) is 24.0 Å². The van der Waals surface area contributed by atoms with Gasteiger partial charge in [-0.05, 0) is 31.7 Å². The van der Waals surface area contributed by atoms with Crippen LogP contribution in [0.15, 0.2) is 36.9 Å². The number of hydrogen-bond donors (Lipinski definition) is 0. The Hall–Kier alpha value is -2.50. The van der Waals surface area contributed by atoms with Crippen LogP contribution in [0.3, 0.4) is 0 Å². The van der Waals surface area contributed by atoms with E-state index in [9.17, 15) is 4.79 Å². The van der Waals surface area contributed by atoms with Gasteiger partial charge in [0.1, 0.15) is 5.69 Å². The molecule has 0 radical (unpaired) electrons. The number of piperidine rings is 1. The normalized spacial score (nSPS) is 15.4. The fraction of sp³-hybridized carbons (Fsp3) is 0.412. The van der Waals surface area contributed by atoms with Crippen molar-refractivity contribution in [3.8, 4) is 5.88 Å². The summed E-state index contributed by atoms with van der Waals surface area (Å²) < 4.78 is 5.82. The quantitative estimate of drug-likeness (QED) is 0.865. The third-order valence-corrected chi connectivity index (χ3v) is 4.10. The Labute approximate surface area is 135 Å². The first-order valence-corrected chi connectivity index (χ1v) is 7.84. The molecule has 0 spiro atoms. The van der Waals surface area contributed by atoms with Crippen LogP contribution in [-0.4, -0.2) is 45.5 Å². The van der Waals surface area contributed by atoms with E-state index in [1.54, 1.807) is 18.6 Å². The molecule has 0 N–H and O–H groups in total. The lowest BCUT2D eigenvalue weighted by Crippen LogP contribution is -2.40. The van der Waals surface area contributed by atoms with Crippen molar-refractivity contribution in [1.82, 2.24) is 19.9 Å². The molecule has 0 aliphatic carbocycles. The fourth-order valence-electron chi connectivity index (χ4n) is 2.69. The highest BCUT2D eigenvalue weighted by Crippen LogP contribution is 2.21. The number of aromatic nitrogens is 3. The molecule has 1 amide bonds. The van der Waals surface area contributed by atoms with E-state index in [4.69, 9.17) is 4.74 Å². The highest BCUT2D eigenvalue weighted by molar-refractivity contribution is 5.91. The van der Waals surface area contributed by atoms with Crippen molar-refractivity contribution in [2.45, 2.75) is 19.8 Å². The predicted molar refractivity (Wildman–Crippen MR) is 85.1 cm³/mol. The lowest BCUT2D eigenvalue weighted by molar-refractivity contribution is 0.0653. The van der Waals surface area contributed by atoms with Gasteiger partial charge in [-0.2, -0.15) is 0 Å². The minimum Gasteiger partial charge on any atom is -0.477 e. The van der Waals surface area contributed by atoms with E-state index in [0.29, 0.717) is 24.1 Å². The average molecular weight is 312 g/mol. The SMILES string of the molecule is Cc1cccnc1OCC1CCN(C(=O)c2cnccn2)CC1. The summed E-state index contributed by atoms with van der Waals surface area (Å²) in [5, 5.41) is 0. The lowest BCUT2D eigenvalue weighted by Gasteiger charge is -2.31. The van der Waals surface area contributed by atoms with Crippen molar-refractivity contribution in [1.29, 1.82) is 0 Å². The molecule has 0 unspecified atom stereocenters. The lowest BCUT2D eigenvalue weighted by atomic mass is 9.97. The van der Waals surface area contributed by atoms with Crippen molar-refractivity contribution in [2.24, 2.45) is 5.92 Å². The molecule has 6 nitrogen and oxygen atoms in total. The van der Waals surface area contributed by atoms with Crippen LogP contribution in [0.5, 0.6) is 5.88 Å². The first-order valence-electron chi connectivity index (χ1n) is 7.84. The van der Waals surface area contributed by atoms with Crippen LogP contribution in [0, 0.1) is 12.8 Å². The molecule has 2 aromatic rings. The van der Waals surface area contributed by atoms with Crippen LogP contribution in [0.4, 0.5) is 0 Å². The maximum absolute atomic E-state index is 12.3. The van der Waals surface area contributed by atoms with Crippen molar-refractivity contribution in [2.75, 3.05) is 19.7 Å². The second-order valence-corrected chi connectivity index (χ2v) is 5.76. The van der Waals surface area contributed by atoms with Crippen molar-refractivity contribution in [3.63, 3.8) is 0 Å². The van der Waals surface area contributed by atoms with E-state index < -0.39 is 0 Å². The van der Waals surface area contributed by atoms with Crippen LogP contribution in [-0.2, 0) is 0 Å². The van der Waals surface area contributed by atoms with Gasteiger partial charge < -0.3 is 9.64 Å². The van der Waals surface area contributed by atoms with Gasteiger partial charge >= 0.3 is 0 Å². The Balaban J connectivity index is 1.49. The van der Waals surface area contributed by atoms with Crippen LogP contribution < -0.4 is 4.74 Å². The molecule has 120 valence electrons. The van der Waals surface area contributed by atoms with Gasteiger partial charge in [0.05, 0.1) is 12.8 Å². The van der Waals surface area contributed by atoms with E-state index in [2.05, 4.69) is 15.0 Å². The molecule has 1 aliphatic heterocycles. The first-order chi connectivity index (χ1) is 11.2. The van der Waals surface area contributed by atoms with Gasteiger partial charge in [0, 0.05) is 37.2 Å². The third-order valence-electron chi connectivity index (χ3n) is 4.10. The number of likely N-dealkylation sites (tertiary alicyclic amines) is 1. The number of pyridine rings is 1. The Morgan fingerprint density at radius 1 is 1.26 bits per heavy atom. The monoisotopic (exact) mass is 312 g/mol. The topological polar surface area (TPSA) is 68.2 Å². The molecule has 1 fully saturated rings. The number of nitrogens with zero attached hydrogens (tertiary/aromatic N) is 4. The van der Waals surface area contributed by atoms with Gasteiger partial charge in [-0.15, -0.1) is 0 Å². The van der Waals surface area contributed by atoms with Crippen molar-refractivity contribution >= 4 is 5.91 Å². The summed E-state index contributed by atoms with van der Waals surface area (Å²) >= 11 is 0. The average Bonchev–Trinajstić information content (AvgIpc) is 2.62. The smallest absolute Gasteiger partial charge is 0.274 e. The summed E-state index contributed by atoms with van der Waals surface area (Å²) in [7, 11) is 0. The van der Waals surface area contributed by atoms with Gasteiger partial charge in [-0.1, -0.05) is 6.07 Å². The zero-order valence-electron chi connectivity index (χ0n) is 13.2. The number of carbonyl (C=O) groups excluding carboxylic acids is 1. The largest absolute Gasteiger partial charge is 0.477 e. The molecule has 2 aromatic heterocycles. The number of rotatable bonds is 4. The maximum Gasteiger partial charge on any atom is 0.274 e. The molecule has 3 heterocycles. The van der Waals surface area contributed by atoms with Crippen LogP contribution in [0.1, 0.15) is 28.9 Å². The van der Waals surface area contributed by atoms with E-state index in [-0.39, 0.29) is 5.91 Å². The molecular weight excluding hydrogens is 292 g/mol. The highest BCUT2D eigenvalue weighted by Gasteiger charge is 2.24. The van der Waals surface area contributed by atoms with E-state index in [0.717, 1.165) is 31.5 Å². The fourth-order valence-corrected chi connectivity index (χ4v) is 2.69. The number of carbonyl (C=O) groups is 1. The summed E-state index contributed by atoms with van der Waals surface area (Å²) in [4.78, 5) is 26.4. The molecule has 0 aromatic carbocycles. The summed E-state index contributed by atoms with van der Waals surface area (Å²) in [6.07, 6.45) is 8.23. The second kappa shape index (κ2) is 7.17. The van der Waals surface area contributed by atoms with Crippen LogP contribution >= 0.6 is 0 Å². The van der Waals surface area contributed by atoms with Gasteiger partial charge in [0.25, 0.3) is 5.91 Å². The predicted octanol–water partition coefficient (Wildman–Crippen LogP) is 2.11. The van der Waals surface area contributed by atoms with Crippen molar-refractivity contribution < 1.29 is 9.53 Å².